The van der Waals surface area contributed by atoms with Crippen LogP contribution in [0.15, 0.2) is 12.1 Å². The molecule has 1 rings (SSSR count). The highest BCUT2D eigenvalue weighted by Gasteiger charge is 2.05. The summed E-state index contributed by atoms with van der Waals surface area (Å²) in [6.45, 7) is 3.86. The molecule has 5 heteroatoms. The zero-order valence-electron chi connectivity index (χ0n) is 8.92. The van der Waals surface area contributed by atoms with Crippen LogP contribution in [0.5, 0.6) is 0 Å². The van der Waals surface area contributed by atoms with Gasteiger partial charge in [0, 0.05) is 18.5 Å². The molecule has 0 amide bonds. The van der Waals surface area contributed by atoms with Gasteiger partial charge in [0.1, 0.15) is 0 Å². The first-order valence-corrected chi connectivity index (χ1v) is 6.47. The molecule has 0 saturated carbocycles. The van der Waals surface area contributed by atoms with Gasteiger partial charge in [-0.2, -0.15) is 0 Å². The van der Waals surface area contributed by atoms with E-state index < -0.39 is 0 Å². The summed E-state index contributed by atoms with van der Waals surface area (Å²) in [6.07, 6.45) is 1.08. The fourth-order valence-electron chi connectivity index (χ4n) is 1.11. The van der Waals surface area contributed by atoms with Crippen LogP contribution in [-0.2, 0) is 6.54 Å². The monoisotopic (exact) mass is 262 g/mol. The van der Waals surface area contributed by atoms with E-state index in [1.165, 1.54) is 4.88 Å². The third-order valence-corrected chi connectivity index (χ3v) is 3.57. The minimum absolute atomic E-state index is 0.793. The lowest BCUT2D eigenvalue weighted by Crippen LogP contribution is -2.36. The maximum atomic E-state index is 5.86. The molecule has 0 aliphatic rings. The van der Waals surface area contributed by atoms with E-state index in [1.807, 2.05) is 24.1 Å². The number of hydrogen-bond acceptors (Lipinski definition) is 2. The van der Waals surface area contributed by atoms with E-state index in [2.05, 4.69) is 12.2 Å². The minimum Gasteiger partial charge on any atom is -0.363 e. The van der Waals surface area contributed by atoms with Gasteiger partial charge in [-0.25, -0.2) is 0 Å². The summed E-state index contributed by atoms with van der Waals surface area (Å²) in [5.41, 5.74) is 0. The van der Waals surface area contributed by atoms with Gasteiger partial charge in [0.05, 0.1) is 10.9 Å². The van der Waals surface area contributed by atoms with Gasteiger partial charge < -0.3 is 10.2 Å². The highest BCUT2D eigenvalue weighted by atomic mass is 35.5. The van der Waals surface area contributed by atoms with Crippen molar-refractivity contribution in [2.75, 3.05) is 13.6 Å². The lowest BCUT2D eigenvalue weighted by molar-refractivity contribution is 0.494. The molecule has 2 nitrogen and oxygen atoms in total. The second-order valence-corrected chi connectivity index (χ2v) is 5.48. The Labute approximate surface area is 105 Å². The van der Waals surface area contributed by atoms with E-state index in [0.717, 1.165) is 29.0 Å². The van der Waals surface area contributed by atoms with E-state index in [1.54, 1.807) is 11.3 Å². The third-order valence-electron chi connectivity index (χ3n) is 1.89. The fourth-order valence-corrected chi connectivity index (χ4v) is 2.42. The Bertz CT molecular complexity index is 325. The van der Waals surface area contributed by atoms with Gasteiger partial charge in [0.2, 0.25) is 0 Å². The lowest BCUT2D eigenvalue weighted by atomic mass is 10.4. The number of halogens is 1. The number of nitrogens with one attached hydrogen (secondary N) is 1. The second-order valence-electron chi connectivity index (χ2n) is 3.29. The van der Waals surface area contributed by atoms with Crippen molar-refractivity contribution < 1.29 is 0 Å². The quantitative estimate of drug-likeness (QED) is 0.840. The van der Waals surface area contributed by atoms with E-state index in [0.29, 0.717) is 0 Å². The number of nitrogens with zero attached hydrogens (tertiary/aromatic N) is 1. The Kier molecular flexibility index (Phi) is 5.36. The van der Waals surface area contributed by atoms with Crippen LogP contribution < -0.4 is 5.32 Å². The van der Waals surface area contributed by atoms with Crippen molar-refractivity contribution in [1.82, 2.24) is 10.2 Å². The van der Waals surface area contributed by atoms with Gasteiger partial charge in [-0.3, -0.25) is 0 Å². The molecule has 0 bridgehead atoms. The van der Waals surface area contributed by atoms with Gasteiger partial charge in [-0.1, -0.05) is 18.5 Å². The average Bonchev–Trinajstić information content (AvgIpc) is 2.60. The van der Waals surface area contributed by atoms with E-state index in [9.17, 15) is 0 Å². The molecule has 0 spiro atoms. The molecule has 1 aromatic rings. The van der Waals surface area contributed by atoms with Crippen molar-refractivity contribution in [3.63, 3.8) is 0 Å². The Morgan fingerprint density at radius 1 is 1.60 bits per heavy atom. The Hall–Kier alpha value is -0.320. The van der Waals surface area contributed by atoms with Crippen LogP contribution in [0, 0.1) is 0 Å². The second kappa shape index (κ2) is 6.30. The SMILES string of the molecule is CCCNC(=S)N(C)Cc1ccc(Cl)s1. The number of thiocarbonyl (C=S) groups is 1. The summed E-state index contributed by atoms with van der Waals surface area (Å²) in [7, 11) is 1.98. The summed E-state index contributed by atoms with van der Waals surface area (Å²) in [6, 6.07) is 3.95. The van der Waals surface area contributed by atoms with Gasteiger partial charge >= 0.3 is 0 Å². The molecule has 84 valence electrons. The number of hydrogen-bond donors (Lipinski definition) is 1. The van der Waals surface area contributed by atoms with Crippen LogP contribution in [0.1, 0.15) is 18.2 Å². The molecule has 1 aromatic heterocycles. The summed E-state index contributed by atoms with van der Waals surface area (Å²) in [5.74, 6) is 0. The van der Waals surface area contributed by atoms with E-state index in [4.69, 9.17) is 23.8 Å². The van der Waals surface area contributed by atoms with Crippen LogP contribution in [0.25, 0.3) is 0 Å². The molecule has 0 aromatic carbocycles. The van der Waals surface area contributed by atoms with Crippen molar-refractivity contribution in [3.05, 3.63) is 21.3 Å². The molecular weight excluding hydrogens is 248 g/mol. The van der Waals surface area contributed by atoms with Crippen molar-refractivity contribution in [2.45, 2.75) is 19.9 Å². The third kappa shape index (κ3) is 4.36. The Balaban J connectivity index is 2.41. The summed E-state index contributed by atoms with van der Waals surface area (Å²) >= 11 is 12.7. The predicted molar refractivity (Wildman–Crippen MR) is 71.7 cm³/mol. The summed E-state index contributed by atoms with van der Waals surface area (Å²) in [5, 5.41) is 3.98. The lowest BCUT2D eigenvalue weighted by Gasteiger charge is -2.19. The van der Waals surface area contributed by atoms with Crippen LogP contribution in [-0.4, -0.2) is 23.6 Å². The standard InChI is InChI=1S/C10H15ClN2S2/c1-3-6-12-10(14)13(2)7-8-4-5-9(11)15-8/h4-5H,3,6-7H2,1-2H3,(H,12,14). The molecule has 0 aliphatic carbocycles. The number of rotatable bonds is 4. The van der Waals surface area contributed by atoms with Gasteiger partial charge in [-0.15, -0.1) is 11.3 Å². The molecule has 0 saturated heterocycles. The molecule has 0 unspecified atom stereocenters. The maximum absolute atomic E-state index is 5.86. The highest BCUT2D eigenvalue weighted by molar-refractivity contribution is 7.80. The zero-order chi connectivity index (χ0) is 11.3. The summed E-state index contributed by atoms with van der Waals surface area (Å²) in [4.78, 5) is 3.25. The van der Waals surface area contributed by atoms with Crippen LogP contribution in [0.2, 0.25) is 4.34 Å². The van der Waals surface area contributed by atoms with Crippen LogP contribution in [0.4, 0.5) is 0 Å². The molecule has 15 heavy (non-hydrogen) atoms. The molecule has 0 fully saturated rings. The van der Waals surface area contributed by atoms with Gasteiger partial charge in [0.15, 0.2) is 5.11 Å². The van der Waals surface area contributed by atoms with Crippen molar-refractivity contribution in [1.29, 1.82) is 0 Å². The smallest absolute Gasteiger partial charge is 0.169 e. The Morgan fingerprint density at radius 2 is 2.33 bits per heavy atom. The largest absolute Gasteiger partial charge is 0.363 e. The topological polar surface area (TPSA) is 15.3 Å². The molecular formula is C10H15ClN2S2. The normalized spacial score (nSPS) is 10.1. The average molecular weight is 263 g/mol. The van der Waals surface area contributed by atoms with E-state index in [-0.39, 0.29) is 0 Å². The predicted octanol–water partition coefficient (Wildman–Crippen LogP) is 3.12. The first-order valence-electron chi connectivity index (χ1n) is 4.86. The number of thiophene rings is 1. The van der Waals surface area contributed by atoms with E-state index >= 15 is 0 Å². The van der Waals surface area contributed by atoms with Crippen molar-refractivity contribution >= 4 is 40.3 Å². The fraction of sp³-hybridized carbons (Fsp3) is 0.500. The van der Waals surface area contributed by atoms with Crippen LogP contribution in [0.3, 0.4) is 0 Å². The highest BCUT2D eigenvalue weighted by Crippen LogP contribution is 2.22. The molecule has 0 atom stereocenters. The van der Waals surface area contributed by atoms with Gasteiger partial charge in [-0.05, 0) is 30.8 Å². The van der Waals surface area contributed by atoms with Crippen molar-refractivity contribution in [3.8, 4) is 0 Å². The molecule has 0 radical (unpaired) electrons. The van der Waals surface area contributed by atoms with Crippen molar-refractivity contribution in [2.24, 2.45) is 0 Å². The zero-order valence-corrected chi connectivity index (χ0v) is 11.3. The Morgan fingerprint density at radius 3 is 2.87 bits per heavy atom. The van der Waals surface area contributed by atoms with Crippen LogP contribution >= 0.6 is 35.2 Å². The molecule has 1 heterocycles. The maximum Gasteiger partial charge on any atom is 0.169 e. The molecule has 1 N–H and O–H groups in total. The first-order chi connectivity index (χ1) is 7.13. The minimum atomic E-state index is 0.793. The first kappa shape index (κ1) is 12.7. The molecule has 0 aliphatic heterocycles. The van der Waals surface area contributed by atoms with Gasteiger partial charge in [0.25, 0.3) is 0 Å². The summed E-state index contributed by atoms with van der Waals surface area (Å²) < 4.78 is 0.825.